The monoisotopic (exact) mass is 353 g/mol. The van der Waals surface area contributed by atoms with Crippen molar-refractivity contribution in [1.29, 1.82) is 0 Å². The van der Waals surface area contributed by atoms with Crippen molar-refractivity contribution in [2.45, 2.75) is 38.2 Å². The standard InChI is InChI=1S/C21H23NO4/c23-21-12-5-4-11-19(21)20(14-22(24)25)17-9-6-10-18(13-17)26-15-16-7-2-1-3-8-16/h1-3,6-10,13,19-20H,4-5,11-12,14-15H2. The van der Waals surface area contributed by atoms with Gasteiger partial charge in [0.2, 0.25) is 6.54 Å². The van der Waals surface area contributed by atoms with Gasteiger partial charge in [0.15, 0.2) is 0 Å². The Hall–Kier alpha value is -2.69. The first-order valence-electron chi connectivity index (χ1n) is 9.04. The maximum Gasteiger partial charge on any atom is 0.211 e. The summed E-state index contributed by atoms with van der Waals surface area (Å²) in [5, 5.41) is 11.2. The molecular formula is C21H23NO4. The SMILES string of the molecule is O=C1CCCCC1C(C[N+](=O)[O-])c1cccc(OCc2ccccc2)c1. The molecule has 0 aliphatic heterocycles. The van der Waals surface area contributed by atoms with E-state index in [-0.39, 0.29) is 23.2 Å². The summed E-state index contributed by atoms with van der Waals surface area (Å²) in [6.07, 6.45) is 3.10. The number of Topliss-reactive ketones (excluding diaryl/α,β-unsaturated/α-hetero) is 1. The molecule has 2 aromatic rings. The quantitative estimate of drug-likeness (QED) is 0.547. The van der Waals surface area contributed by atoms with Crippen LogP contribution in [0.4, 0.5) is 0 Å². The minimum Gasteiger partial charge on any atom is -0.489 e. The van der Waals surface area contributed by atoms with E-state index in [0.717, 1.165) is 30.4 Å². The predicted molar refractivity (Wildman–Crippen MR) is 98.8 cm³/mol. The highest BCUT2D eigenvalue weighted by atomic mass is 16.6. The van der Waals surface area contributed by atoms with Crippen LogP contribution in [0.1, 0.15) is 42.7 Å². The molecule has 1 aliphatic carbocycles. The molecule has 5 nitrogen and oxygen atoms in total. The lowest BCUT2D eigenvalue weighted by Gasteiger charge is -2.27. The number of carbonyl (C=O) groups is 1. The van der Waals surface area contributed by atoms with E-state index in [4.69, 9.17) is 4.74 Å². The molecule has 0 amide bonds. The summed E-state index contributed by atoms with van der Waals surface area (Å²) in [6, 6.07) is 17.2. The molecule has 0 heterocycles. The zero-order valence-corrected chi connectivity index (χ0v) is 14.7. The molecule has 0 spiro atoms. The number of nitro groups is 1. The molecule has 2 aromatic carbocycles. The van der Waals surface area contributed by atoms with Gasteiger partial charge in [-0.05, 0) is 36.1 Å². The average molecular weight is 353 g/mol. The normalized spacial score (nSPS) is 18.3. The molecule has 0 bridgehead atoms. The molecular weight excluding hydrogens is 330 g/mol. The topological polar surface area (TPSA) is 69.4 Å². The van der Waals surface area contributed by atoms with Crippen LogP contribution < -0.4 is 4.74 Å². The summed E-state index contributed by atoms with van der Waals surface area (Å²) in [5.41, 5.74) is 1.87. The molecule has 3 rings (SSSR count). The van der Waals surface area contributed by atoms with Crippen LogP contribution in [0.3, 0.4) is 0 Å². The molecule has 0 radical (unpaired) electrons. The molecule has 1 aliphatic rings. The number of ketones is 1. The number of hydrogen-bond donors (Lipinski definition) is 0. The van der Waals surface area contributed by atoms with Crippen LogP contribution in [0.15, 0.2) is 54.6 Å². The van der Waals surface area contributed by atoms with Crippen molar-refractivity contribution in [2.24, 2.45) is 5.92 Å². The smallest absolute Gasteiger partial charge is 0.211 e. The highest BCUT2D eigenvalue weighted by Gasteiger charge is 2.34. The Morgan fingerprint density at radius 1 is 1.12 bits per heavy atom. The summed E-state index contributed by atoms with van der Waals surface area (Å²) >= 11 is 0. The Morgan fingerprint density at radius 2 is 1.92 bits per heavy atom. The summed E-state index contributed by atoms with van der Waals surface area (Å²) in [5.74, 6) is 0.165. The van der Waals surface area contributed by atoms with E-state index in [2.05, 4.69) is 0 Å². The van der Waals surface area contributed by atoms with E-state index in [9.17, 15) is 14.9 Å². The van der Waals surface area contributed by atoms with Crippen LogP contribution in [0.25, 0.3) is 0 Å². The second kappa shape index (κ2) is 8.61. The Bertz CT molecular complexity index is 760. The van der Waals surface area contributed by atoms with Crippen molar-refractivity contribution < 1.29 is 14.5 Å². The highest BCUT2D eigenvalue weighted by Crippen LogP contribution is 2.35. The summed E-state index contributed by atoms with van der Waals surface area (Å²) in [7, 11) is 0. The molecule has 1 fully saturated rings. The van der Waals surface area contributed by atoms with Gasteiger partial charge in [-0.15, -0.1) is 0 Å². The maximum absolute atomic E-state index is 12.3. The Labute approximate surface area is 153 Å². The van der Waals surface area contributed by atoms with Crippen molar-refractivity contribution in [3.05, 3.63) is 75.8 Å². The van der Waals surface area contributed by atoms with Gasteiger partial charge in [-0.25, -0.2) is 0 Å². The van der Waals surface area contributed by atoms with E-state index in [1.54, 1.807) is 0 Å². The number of ether oxygens (including phenoxy) is 1. The largest absolute Gasteiger partial charge is 0.489 e. The van der Waals surface area contributed by atoms with E-state index in [0.29, 0.717) is 18.8 Å². The third kappa shape index (κ3) is 4.69. The number of benzene rings is 2. The van der Waals surface area contributed by atoms with Gasteiger partial charge in [-0.2, -0.15) is 0 Å². The average Bonchev–Trinajstić information content (AvgIpc) is 2.66. The molecule has 1 saturated carbocycles. The maximum atomic E-state index is 12.3. The van der Waals surface area contributed by atoms with Gasteiger partial charge in [0.05, 0.1) is 5.92 Å². The second-order valence-electron chi connectivity index (χ2n) is 6.79. The van der Waals surface area contributed by atoms with Gasteiger partial charge in [0.25, 0.3) is 0 Å². The first-order chi connectivity index (χ1) is 12.6. The second-order valence-corrected chi connectivity index (χ2v) is 6.79. The van der Waals surface area contributed by atoms with Crippen molar-refractivity contribution in [1.82, 2.24) is 0 Å². The molecule has 0 N–H and O–H groups in total. The lowest BCUT2D eigenvalue weighted by molar-refractivity contribution is -0.484. The Balaban J connectivity index is 1.78. The molecule has 5 heteroatoms. The third-order valence-corrected chi connectivity index (χ3v) is 4.97. The van der Waals surface area contributed by atoms with Crippen LogP contribution in [-0.2, 0) is 11.4 Å². The number of nitrogens with zero attached hydrogens (tertiary/aromatic N) is 1. The van der Waals surface area contributed by atoms with Crippen LogP contribution in [-0.4, -0.2) is 17.3 Å². The first-order valence-corrected chi connectivity index (χ1v) is 9.04. The fourth-order valence-electron chi connectivity index (χ4n) is 3.64. The van der Waals surface area contributed by atoms with E-state index in [1.165, 1.54) is 0 Å². The zero-order chi connectivity index (χ0) is 18.4. The Morgan fingerprint density at radius 3 is 2.65 bits per heavy atom. The minimum atomic E-state index is -0.391. The molecule has 0 saturated heterocycles. The summed E-state index contributed by atoms with van der Waals surface area (Å²) in [6.45, 7) is 0.213. The van der Waals surface area contributed by atoms with E-state index in [1.807, 2.05) is 54.6 Å². The lowest BCUT2D eigenvalue weighted by atomic mass is 9.76. The van der Waals surface area contributed by atoms with Gasteiger partial charge in [0.1, 0.15) is 18.1 Å². The van der Waals surface area contributed by atoms with E-state index >= 15 is 0 Å². The van der Waals surface area contributed by atoms with Crippen molar-refractivity contribution in [3.8, 4) is 5.75 Å². The van der Waals surface area contributed by atoms with Crippen molar-refractivity contribution in [2.75, 3.05) is 6.54 Å². The van der Waals surface area contributed by atoms with Gasteiger partial charge >= 0.3 is 0 Å². The molecule has 2 atom stereocenters. The fourth-order valence-corrected chi connectivity index (χ4v) is 3.64. The number of rotatable bonds is 7. The fraction of sp³-hybridized carbons (Fsp3) is 0.381. The van der Waals surface area contributed by atoms with Gasteiger partial charge < -0.3 is 4.74 Å². The van der Waals surface area contributed by atoms with Crippen LogP contribution in [0.2, 0.25) is 0 Å². The molecule has 26 heavy (non-hydrogen) atoms. The Kier molecular flexibility index (Phi) is 6.00. The predicted octanol–water partition coefficient (Wildman–Crippen LogP) is 4.39. The van der Waals surface area contributed by atoms with Crippen molar-refractivity contribution >= 4 is 5.78 Å². The molecule has 2 unspecified atom stereocenters. The van der Waals surface area contributed by atoms with Crippen LogP contribution in [0.5, 0.6) is 5.75 Å². The summed E-state index contributed by atoms with van der Waals surface area (Å²) < 4.78 is 5.85. The number of carbonyl (C=O) groups excluding carboxylic acids is 1. The minimum absolute atomic E-state index is 0.152. The lowest BCUT2D eigenvalue weighted by Crippen LogP contribution is -2.30. The van der Waals surface area contributed by atoms with Crippen LogP contribution >= 0.6 is 0 Å². The van der Waals surface area contributed by atoms with Crippen molar-refractivity contribution in [3.63, 3.8) is 0 Å². The summed E-state index contributed by atoms with van der Waals surface area (Å²) in [4.78, 5) is 23.2. The van der Waals surface area contributed by atoms with Crippen LogP contribution in [0, 0.1) is 16.0 Å². The van der Waals surface area contributed by atoms with Gasteiger partial charge in [-0.1, -0.05) is 48.9 Å². The zero-order valence-electron chi connectivity index (χ0n) is 14.7. The van der Waals surface area contributed by atoms with E-state index < -0.39 is 5.92 Å². The van der Waals surface area contributed by atoms with Gasteiger partial charge in [0, 0.05) is 17.3 Å². The van der Waals surface area contributed by atoms with Gasteiger partial charge in [-0.3, -0.25) is 14.9 Å². The first kappa shape index (κ1) is 18.1. The highest BCUT2D eigenvalue weighted by molar-refractivity contribution is 5.82. The molecule has 0 aromatic heterocycles. The molecule has 136 valence electrons. The third-order valence-electron chi connectivity index (χ3n) is 4.97. The number of hydrogen-bond acceptors (Lipinski definition) is 4.